The third-order valence-electron chi connectivity index (χ3n) is 6.44. The first-order valence-electron chi connectivity index (χ1n) is 11.1. The first kappa shape index (κ1) is 22.2. The minimum Gasteiger partial charge on any atom is -0.390 e. The Morgan fingerprint density at radius 3 is 2.69 bits per heavy atom. The zero-order valence-corrected chi connectivity index (χ0v) is 18.4. The molecule has 162 valence electrons. The Labute approximate surface area is 175 Å². The summed E-state index contributed by atoms with van der Waals surface area (Å²) in [7, 11) is 1.88. The third-order valence-corrected chi connectivity index (χ3v) is 6.44. The summed E-state index contributed by atoms with van der Waals surface area (Å²) in [5, 5.41) is 9.93. The molecule has 1 atom stereocenters. The molecule has 2 aliphatic heterocycles. The van der Waals surface area contributed by atoms with E-state index in [1.807, 2.05) is 30.4 Å². The molecule has 1 aromatic rings. The largest absolute Gasteiger partial charge is 0.390 e. The minimum atomic E-state index is -0.725. The van der Waals surface area contributed by atoms with Gasteiger partial charge in [-0.05, 0) is 77.2 Å². The van der Waals surface area contributed by atoms with E-state index in [9.17, 15) is 9.90 Å². The molecule has 1 aromatic heterocycles. The predicted octanol–water partition coefficient (Wildman–Crippen LogP) is 2.38. The Hall–Kier alpha value is -1.50. The Morgan fingerprint density at radius 1 is 1.28 bits per heavy atom. The summed E-state index contributed by atoms with van der Waals surface area (Å²) in [6, 6.07) is 4.75. The van der Waals surface area contributed by atoms with Crippen LogP contribution in [0.15, 0.2) is 24.5 Å². The van der Waals surface area contributed by atoms with Crippen molar-refractivity contribution < 1.29 is 9.90 Å². The number of hydrogen-bond acceptors (Lipinski definition) is 5. The summed E-state index contributed by atoms with van der Waals surface area (Å²) in [5.41, 5.74) is 0.556. The number of likely N-dealkylation sites (tertiary alicyclic amines) is 2. The van der Waals surface area contributed by atoms with Crippen LogP contribution in [0.25, 0.3) is 0 Å². The van der Waals surface area contributed by atoms with Gasteiger partial charge >= 0.3 is 0 Å². The highest BCUT2D eigenvalue weighted by molar-refractivity contribution is 5.78. The van der Waals surface area contributed by atoms with Crippen molar-refractivity contribution in [3.63, 3.8) is 0 Å². The maximum atomic E-state index is 12.9. The van der Waals surface area contributed by atoms with Crippen molar-refractivity contribution in [1.29, 1.82) is 0 Å². The summed E-state index contributed by atoms with van der Waals surface area (Å²) in [5.74, 6) is 0.344. The van der Waals surface area contributed by atoms with Crippen molar-refractivity contribution in [2.75, 3.05) is 39.8 Å². The molecular formula is C23H38N4O2. The van der Waals surface area contributed by atoms with Crippen LogP contribution in [0, 0.1) is 5.92 Å². The van der Waals surface area contributed by atoms with Gasteiger partial charge in [-0.15, -0.1) is 0 Å². The Bertz CT molecular complexity index is 638. The van der Waals surface area contributed by atoms with E-state index in [2.05, 4.69) is 20.9 Å². The van der Waals surface area contributed by atoms with Crippen LogP contribution in [0.5, 0.6) is 0 Å². The van der Waals surface area contributed by atoms with Gasteiger partial charge in [-0.25, -0.2) is 0 Å². The lowest BCUT2D eigenvalue weighted by atomic mass is 9.92. The smallest absolute Gasteiger partial charge is 0.226 e. The van der Waals surface area contributed by atoms with Gasteiger partial charge in [-0.1, -0.05) is 6.07 Å². The van der Waals surface area contributed by atoms with Crippen LogP contribution in [-0.4, -0.2) is 82.1 Å². The number of pyridine rings is 1. The molecule has 3 rings (SSSR count). The summed E-state index contributed by atoms with van der Waals surface area (Å²) >= 11 is 0. The lowest BCUT2D eigenvalue weighted by Crippen LogP contribution is -2.51. The van der Waals surface area contributed by atoms with E-state index in [1.165, 1.54) is 18.4 Å². The van der Waals surface area contributed by atoms with Crippen LogP contribution in [0.4, 0.5) is 0 Å². The number of aliphatic hydroxyl groups is 1. The van der Waals surface area contributed by atoms with Crippen molar-refractivity contribution in [2.45, 2.75) is 64.1 Å². The van der Waals surface area contributed by atoms with Crippen molar-refractivity contribution in [3.05, 3.63) is 30.1 Å². The molecule has 0 spiro atoms. The third kappa shape index (κ3) is 6.76. The van der Waals surface area contributed by atoms with Crippen LogP contribution >= 0.6 is 0 Å². The van der Waals surface area contributed by atoms with Crippen molar-refractivity contribution in [1.82, 2.24) is 19.7 Å². The average molecular weight is 403 g/mol. The second kappa shape index (κ2) is 10.0. The SMILES string of the molecule is CN(CCC(C)(C)O)C(=O)[C@H]1CCCN(C2CCN(Cc3cccnc3)CC2)C1. The van der Waals surface area contributed by atoms with Crippen LogP contribution in [0.2, 0.25) is 0 Å². The molecule has 6 nitrogen and oxygen atoms in total. The first-order chi connectivity index (χ1) is 13.8. The van der Waals surface area contributed by atoms with E-state index < -0.39 is 5.60 Å². The second-order valence-corrected chi connectivity index (χ2v) is 9.52. The molecule has 3 heterocycles. The molecule has 0 aromatic carbocycles. The van der Waals surface area contributed by atoms with Gasteiger partial charge in [0.15, 0.2) is 0 Å². The quantitative estimate of drug-likeness (QED) is 0.759. The van der Waals surface area contributed by atoms with Gasteiger partial charge in [0, 0.05) is 45.1 Å². The molecule has 2 saturated heterocycles. The van der Waals surface area contributed by atoms with E-state index >= 15 is 0 Å². The number of carbonyl (C=O) groups is 1. The topological polar surface area (TPSA) is 59.9 Å². The molecule has 0 saturated carbocycles. The lowest BCUT2D eigenvalue weighted by molar-refractivity contribution is -0.137. The highest BCUT2D eigenvalue weighted by Crippen LogP contribution is 2.25. The van der Waals surface area contributed by atoms with Gasteiger partial charge < -0.3 is 10.0 Å². The van der Waals surface area contributed by atoms with E-state index in [1.54, 1.807) is 13.8 Å². The van der Waals surface area contributed by atoms with Gasteiger partial charge in [0.2, 0.25) is 5.91 Å². The molecule has 0 unspecified atom stereocenters. The number of rotatable bonds is 7. The zero-order chi connectivity index (χ0) is 20.9. The van der Waals surface area contributed by atoms with Gasteiger partial charge in [0.05, 0.1) is 11.5 Å². The maximum absolute atomic E-state index is 12.9. The lowest BCUT2D eigenvalue weighted by Gasteiger charge is -2.42. The van der Waals surface area contributed by atoms with Crippen molar-refractivity contribution in [3.8, 4) is 0 Å². The van der Waals surface area contributed by atoms with E-state index in [0.29, 0.717) is 19.0 Å². The average Bonchev–Trinajstić information content (AvgIpc) is 2.72. The summed E-state index contributed by atoms with van der Waals surface area (Å²) in [6.45, 7) is 9.42. The number of hydrogen-bond donors (Lipinski definition) is 1. The van der Waals surface area contributed by atoms with Crippen molar-refractivity contribution in [2.24, 2.45) is 5.92 Å². The number of nitrogens with zero attached hydrogens (tertiary/aromatic N) is 4. The van der Waals surface area contributed by atoms with Gasteiger partial charge in [-0.3, -0.25) is 19.6 Å². The fourth-order valence-corrected chi connectivity index (χ4v) is 4.60. The normalized spacial score (nSPS) is 22.6. The van der Waals surface area contributed by atoms with Crippen molar-refractivity contribution >= 4 is 5.91 Å². The van der Waals surface area contributed by atoms with E-state index in [0.717, 1.165) is 45.6 Å². The molecule has 0 bridgehead atoms. The molecule has 1 N–H and O–H groups in total. The van der Waals surface area contributed by atoms with Crippen LogP contribution in [0.1, 0.15) is 51.5 Å². The van der Waals surface area contributed by atoms with E-state index in [-0.39, 0.29) is 11.8 Å². The fourth-order valence-electron chi connectivity index (χ4n) is 4.60. The van der Waals surface area contributed by atoms with Crippen LogP contribution in [0.3, 0.4) is 0 Å². The van der Waals surface area contributed by atoms with Gasteiger partial charge in [-0.2, -0.15) is 0 Å². The maximum Gasteiger partial charge on any atom is 0.226 e. The number of aromatic nitrogens is 1. The minimum absolute atomic E-state index is 0.101. The number of carbonyl (C=O) groups excluding carboxylic acids is 1. The predicted molar refractivity (Wildman–Crippen MR) is 115 cm³/mol. The Balaban J connectivity index is 1.45. The molecule has 2 aliphatic rings. The van der Waals surface area contributed by atoms with Gasteiger partial charge in [0.1, 0.15) is 0 Å². The van der Waals surface area contributed by atoms with Crippen LogP contribution < -0.4 is 0 Å². The highest BCUT2D eigenvalue weighted by Gasteiger charge is 2.33. The van der Waals surface area contributed by atoms with Crippen LogP contribution in [-0.2, 0) is 11.3 Å². The first-order valence-corrected chi connectivity index (χ1v) is 11.1. The zero-order valence-electron chi connectivity index (χ0n) is 18.4. The van der Waals surface area contributed by atoms with Gasteiger partial charge in [0.25, 0.3) is 0 Å². The summed E-state index contributed by atoms with van der Waals surface area (Å²) in [4.78, 5) is 24.0. The molecule has 29 heavy (non-hydrogen) atoms. The molecule has 0 radical (unpaired) electrons. The standard InChI is InChI=1S/C23H38N4O2/c1-23(2,29)10-15-25(3)22(28)20-7-5-12-27(18-20)21-8-13-26(14-9-21)17-19-6-4-11-24-16-19/h4,6,11,16,20-21,29H,5,7-10,12-15,17-18H2,1-3H3/t20-/m0/s1. The summed E-state index contributed by atoms with van der Waals surface area (Å²) in [6.07, 6.45) is 8.84. The molecule has 2 fully saturated rings. The fraction of sp³-hybridized carbons (Fsp3) is 0.739. The number of amides is 1. The molecule has 6 heteroatoms. The monoisotopic (exact) mass is 402 g/mol. The second-order valence-electron chi connectivity index (χ2n) is 9.52. The molecule has 0 aliphatic carbocycles. The highest BCUT2D eigenvalue weighted by atomic mass is 16.3. The molecular weight excluding hydrogens is 364 g/mol. The number of piperidine rings is 2. The molecule has 1 amide bonds. The van der Waals surface area contributed by atoms with E-state index in [4.69, 9.17) is 0 Å². The Kier molecular flexibility index (Phi) is 7.66. The Morgan fingerprint density at radius 2 is 2.03 bits per heavy atom. The summed E-state index contributed by atoms with van der Waals surface area (Å²) < 4.78 is 0.